The number of benzene rings is 2. The molecule has 0 saturated carbocycles. The van der Waals surface area contributed by atoms with Crippen LogP contribution in [0, 0.1) is 13.8 Å². The average molecular weight is 287 g/mol. The fourth-order valence-electron chi connectivity index (χ4n) is 2.77. The first-order chi connectivity index (χ1) is 9.56. The van der Waals surface area contributed by atoms with Crippen LogP contribution in [0.25, 0.3) is 11.1 Å². The Bertz CT molecular complexity index is 595. The summed E-state index contributed by atoms with van der Waals surface area (Å²) >= 11 is 6.23. The minimum atomic E-state index is 0.601. The van der Waals surface area contributed by atoms with E-state index in [2.05, 4.69) is 58.0 Å². The first-order valence-electron chi connectivity index (χ1n) is 7.43. The summed E-state index contributed by atoms with van der Waals surface area (Å²) in [5.74, 6) is 0.601. The predicted octanol–water partition coefficient (Wildman–Crippen LogP) is 6.53. The summed E-state index contributed by atoms with van der Waals surface area (Å²) in [6.07, 6.45) is 2.33. The second-order valence-corrected chi connectivity index (χ2v) is 5.98. The van der Waals surface area contributed by atoms with Crippen LogP contribution in [0.4, 0.5) is 0 Å². The van der Waals surface area contributed by atoms with E-state index >= 15 is 0 Å². The summed E-state index contributed by atoms with van der Waals surface area (Å²) in [6, 6.07) is 13.0. The van der Waals surface area contributed by atoms with Gasteiger partial charge < -0.3 is 0 Å². The first kappa shape index (κ1) is 15.1. The van der Waals surface area contributed by atoms with Crippen molar-refractivity contribution in [2.24, 2.45) is 0 Å². The highest BCUT2D eigenvalue weighted by molar-refractivity contribution is 6.30. The Kier molecular flexibility index (Phi) is 4.88. The Morgan fingerprint density at radius 2 is 1.60 bits per heavy atom. The highest BCUT2D eigenvalue weighted by Crippen LogP contribution is 2.35. The minimum absolute atomic E-state index is 0.601. The van der Waals surface area contributed by atoms with Crippen molar-refractivity contribution in [1.82, 2.24) is 0 Å². The summed E-state index contributed by atoms with van der Waals surface area (Å²) < 4.78 is 0. The maximum atomic E-state index is 6.23. The Morgan fingerprint density at radius 1 is 0.900 bits per heavy atom. The van der Waals surface area contributed by atoms with Gasteiger partial charge in [-0.25, -0.2) is 0 Å². The molecule has 2 rings (SSSR count). The van der Waals surface area contributed by atoms with Gasteiger partial charge in [0.1, 0.15) is 0 Å². The van der Waals surface area contributed by atoms with Gasteiger partial charge in [-0.1, -0.05) is 49.7 Å². The standard InChI is InChI=1S/C19H23Cl/c1-5-15(6-2)18-10-9-17(20)12-19(18)16-8-7-13(3)14(4)11-16/h7-12,15H,5-6H2,1-4H3. The van der Waals surface area contributed by atoms with E-state index < -0.39 is 0 Å². The molecule has 0 nitrogen and oxygen atoms in total. The van der Waals surface area contributed by atoms with Gasteiger partial charge in [-0.2, -0.15) is 0 Å². The van der Waals surface area contributed by atoms with Crippen LogP contribution in [0.5, 0.6) is 0 Å². The second-order valence-electron chi connectivity index (χ2n) is 5.54. The monoisotopic (exact) mass is 286 g/mol. The molecule has 0 aromatic heterocycles. The van der Waals surface area contributed by atoms with Crippen molar-refractivity contribution in [1.29, 1.82) is 0 Å². The van der Waals surface area contributed by atoms with Crippen LogP contribution in [0.2, 0.25) is 5.02 Å². The fourth-order valence-corrected chi connectivity index (χ4v) is 2.94. The van der Waals surface area contributed by atoms with Crippen molar-refractivity contribution < 1.29 is 0 Å². The fraction of sp³-hybridized carbons (Fsp3) is 0.368. The quantitative estimate of drug-likeness (QED) is 0.599. The van der Waals surface area contributed by atoms with Crippen LogP contribution in [-0.4, -0.2) is 0 Å². The molecule has 0 aliphatic carbocycles. The number of aryl methyl sites for hydroxylation is 2. The average Bonchev–Trinajstić information content (AvgIpc) is 2.44. The van der Waals surface area contributed by atoms with E-state index in [0.717, 1.165) is 17.9 Å². The van der Waals surface area contributed by atoms with E-state index in [1.807, 2.05) is 6.07 Å². The van der Waals surface area contributed by atoms with Gasteiger partial charge in [0.15, 0.2) is 0 Å². The van der Waals surface area contributed by atoms with Crippen LogP contribution in [-0.2, 0) is 0 Å². The van der Waals surface area contributed by atoms with Gasteiger partial charge in [0, 0.05) is 5.02 Å². The lowest BCUT2D eigenvalue weighted by Crippen LogP contribution is -1.99. The SMILES string of the molecule is CCC(CC)c1ccc(Cl)cc1-c1ccc(C)c(C)c1. The number of halogens is 1. The third-order valence-corrected chi connectivity index (χ3v) is 4.49. The van der Waals surface area contributed by atoms with E-state index in [1.165, 1.54) is 27.8 Å². The third-order valence-electron chi connectivity index (χ3n) is 4.26. The van der Waals surface area contributed by atoms with Gasteiger partial charge in [-0.05, 0) is 72.6 Å². The van der Waals surface area contributed by atoms with Crippen LogP contribution in [0.3, 0.4) is 0 Å². The van der Waals surface area contributed by atoms with E-state index in [0.29, 0.717) is 5.92 Å². The summed E-state index contributed by atoms with van der Waals surface area (Å²) in [5, 5.41) is 0.813. The van der Waals surface area contributed by atoms with Crippen molar-refractivity contribution in [3.05, 3.63) is 58.1 Å². The van der Waals surface area contributed by atoms with Gasteiger partial charge in [0.2, 0.25) is 0 Å². The molecule has 20 heavy (non-hydrogen) atoms. The third kappa shape index (κ3) is 3.07. The largest absolute Gasteiger partial charge is 0.0843 e. The molecule has 0 saturated heterocycles. The molecule has 0 bridgehead atoms. The van der Waals surface area contributed by atoms with E-state index in [-0.39, 0.29) is 0 Å². The molecule has 0 radical (unpaired) electrons. The van der Waals surface area contributed by atoms with Gasteiger partial charge in [-0.3, -0.25) is 0 Å². The highest BCUT2D eigenvalue weighted by atomic mass is 35.5. The van der Waals surface area contributed by atoms with E-state index in [9.17, 15) is 0 Å². The Balaban J connectivity index is 2.59. The van der Waals surface area contributed by atoms with Gasteiger partial charge in [-0.15, -0.1) is 0 Å². The van der Waals surface area contributed by atoms with E-state index in [4.69, 9.17) is 11.6 Å². The maximum Gasteiger partial charge on any atom is 0.0412 e. The number of hydrogen-bond acceptors (Lipinski definition) is 0. The Morgan fingerprint density at radius 3 is 2.20 bits per heavy atom. The molecule has 106 valence electrons. The van der Waals surface area contributed by atoms with E-state index in [1.54, 1.807) is 0 Å². The van der Waals surface area contributed by atoms with Crippen molar-refractivity contribution in [2.45, 2.75) is 46.5 Å². The summed E-state index contributed by atoms with van der Waals surface area (Å²) in [6.45, 7) is 8.83. The summed E-state index contributed by atoms with van der Waals surface area (Å²) in [5.41, 5.74) is 6.65. The molecular weight excluding hydrogens is 264 g/mol. The van der Waals surface area contributed by atoms with Crippen LogP contribution < -0.4 is 0 Å². The van der Waals surface area contributed by atoms with Gasteiger partial charge in [0.25, 0.3) is 0 Å². The summed E-state index contributed by atoms with van der Waals surface area (Å²) in [4.78, 5) is 0. The normalized spacial score (nSPS) is 11.1. The summed E-state index contributed by atoms with van der Waals surface area (Å²) in [7, 11) is 0. The maximum absolute atomic E-state index is 6.23. The molecule has 0 N–H and O–H groups in total. The molecule has 0 heterocycles. The van der Waals surface area contributed by atoms with Gasteiger partial charge in [0.05, 0.1) is 0 Å². The van der Waals surface area contributed by atoms with Crippen molar-refractivity contribution in [3.8, 4) is 11.1 Å². The highest BCUT2D eigenvalue weighted by Gasteiger charge is 2.14. The zero-order valence-electron chi connectivity index (χ0n) is 12.8. The topological polar surface area (TPSA) is 0 Å². The molecular formula is C19H23Cl. The van der Waals surface area contributed by atoms with Crippen LogP contribution in [0.15, 0.2) is 36.4 Å². The molecule has 0 amide bonds. The first-order valence-corrected chi connectivity index (χ1v) is 7.81. The van der Waals surface area contributed by atoms with Crippen molar-refractivity contribution >= 4 is 11.6 Å². The van der Waals surface area contributed by atoms with Gasteiger partial charge >= 0.3 is 0 Å². The zero-order valence-corrected chi connectivity index (χ0v) is 13.6. The lowest BCUT2D eigenvalue weighted by molar-refractivity contribution is 0.643. The van der Waals surface area contributed by atoms with Crippen LogP contribution >= 0.6 is 11.6 Å². The molecule has 0 aliphatic rings. The zero-order chi connectivity index (χ0) is 14.7. The number of hydrogen-bond donors (Lipinski definition) is 0. The molecule has 0 unspecified atom stereocenters. The molecule has 2 aromatic rings. The minimum Gasteiger partial charge on any atom is -0.0843 e. The molecule has 1 heteroatoms. The van der Waals surface area contributed by atoms with Crippen LogP contribution in [0.1, 0.15) is 49.3 Å². The van der Waals surface area contributed by atoms with Crippen molar-refractivity contribution in [3.63, 3.8) is 0 Å². The Labute approximate surface area is 127 Å². The van der Waals surface area contributed by atoms with Crippen molar-refractivity contribution in [2.75, 3.05) is 0 Å². The smallest absolute Gasteiger partial charge is 0.0412 e. The molecule has 2 aromatic carbocycles. The second kappa shape index (κ2) is 6.45. The number of rotatable bonds is 4. The molecule has 0 spiro atoms. The molecule has 0 fully saturated rings. The Hall–Kier alpha value is -1.27. The molecule has 0 atom stereocenters. The molecule has 0 aliphatic heterocycles. The predicted molar refractivity (Wildman–Crippen MR) is 89.7 cm³/mol. The lowest BCUT2D eigenvalue weighted by atomic mass is 9.87. The lowest BCUT2D eigenvalue weighted by Gasteiger charge is -2.19.